The van der Waals surface area contributed by atoms with Crippen molar-refractivity contribution in [3.05, 3.63) is 35.4 Å². The summed E-state index contributed by atoms with van der Waals surface area (Å²) in [6.45, 7) is 0.235. The molecule has 0 saturated heterocycles. The molecular weight excluding hydrogens is 317 g/mol. The molecule has 0 bridgehead atoms. The Morgan fingerprint density at radius 2 is 1.86 bits per heavy atom. The third-order valence-electron chi connectivity index (χ3n) is 3.94. The highest BCUT2D eigenvalue weighted by Crippen LogP contribution is 2.29. The number of hydrogen-bond donors (Lipinski definition) is 2. The minimum atomic E-state index is -4.33. The Morgan fingerprint density at radius 1 is 1.23 bits per heavy atom. The molecule has 3 nitrogen and oxygen atoms in total. The van der Waals surface area contributed by atoms with Crippen molar-refractivity contribution in [2.24, 2.45) is 11.7 Å². The second kappa shape index (κ2) is 7.83. The molecule has 2 atom stereocenters. The molecular formula is C15H20ClF3N2O. The quantitative estimate of drug-likeness (QED) is 0.886. The fraction of sp³-hybridized carbons (Fsp3) is 0.533. The van der Waals surface area contributed by atoms with Gasteiger partial charge in [0.25, 0.3) is 0 Å². The summed E-state index contributed by atoms with van der Waals surface area (Å²) in [7, 11) is 0. The molecule has 1 aliphatic rings. The summed E-state index contributed by atoms with van der Waals surface area (Å²) in [5.74, 6) is 0.120. The number of carbonyl (C=O) groups is 1. The molecule has 1 aromatic carbocycles. The van der Waals surface area contributed by atoms with Gasteiger partial charge in [0.1, 0.15) is 0 Å². The maximum absolute atomic E-state index is 12.4. The Kier molecular flexibility index (Phi) is 6.68. The van der Waals surface area contributed by atoms with Gasteiger partial charge in [-0.2, -0.15) is 13.2 Å². The van der Waals surface area contributed by atoms with Crippen molar-refractivity contribution in [1.82, 2.24) is 5.32 Å². The van der Waals surface area contributed by atoms with E-state index in [1.807, 2.05) is 0 Å². The molecule has 0 aromatic heterocycles. The van der Waals surface area contributed by atoms with Crippen molar-refractivity contribution in [1.29, 1.82) is 0 Å². The van der Waals surface area contributed by atoms with Gasteiger partial charge in [0.2, 0.25) is 5.91 Å². The highest BCUT2D eigenvalue weighted by molar-refractivity contribution is 5.85. The fourth-order valence-electron chi connectivity index (χ4n) is 2.64. The number of rotatable bonds is 4. The number of nitrogens with one attached hydrogen (secondary N) is 1. The Bertz CT molecular complexity index is 491. The molecule has 0 spiro atoms. The van der Waals surface area contributed by atoms with Crippen molar-refractivity contribution in [2.75, 3.05) is 0 Å². The summed E-state index contributed by atoms with van der Waals surface area (Å²) >= 11 is 0. The van der Waals surface area contributed by atoms with Gasteiger partial charge in [0.15, 0.2) is 0 Å². The second-order valence-electron chi connectivity index (χ2n) is 5.53. The number of carbonyl (C=O) groups excluding carboxylic acids is 1. The molecule has 0 radical (unpaired) electrons. The molecule has 1 aromatic rings. The van der Waals surface area contributed by atoms with Crippen molar-refractivity contribution >= 4 is 18.3 Å². The van der Waals surface area contributed by atoms with Crippen LogP contribution in [0.25, 0.3) is 0 Å². The van der Waals surface area contributed by atoms with Gasteiger partial charge < -0.3 is 11.1 Å². The standard InChI is InChI=1S/C15H19F3N2O.ClH/c16-15(17,18)12-6-4-10(5-7-12)9-20-14(21)8-11-2-1-3-13(11)19;/h4-7,11,13H,1-3,8-9,19H2,(H,20,21);1H/t11-,13+;/m0./s1. The van der Waals surface area contributed by atoms with Crippen molar-refractivity contribution < 1.29 is 18.0 Å². The summed E-state index contributed by atoms with van der Waals surface area (Å²) in [6, 6.07) is 4.89. The van der Waals surface area contributed by atoms with Crippen molar-refractivity contribution in [3.8, 4) is 0 Å². The minimum absolute atomic E-state index is 0. The van der Waals surface area contributed by atoms with Gasteiger partial charge in [-0.25, -0.2) is 0 Å². The molecule has 3 N–H and O–H groups in total. The molecule has 1 fully saturated rings. The monoisotopic (exact) mass is 336 g/mol. The Hall–Kier alpha value is -1.27. The van der Waals surface area contributed by atoms with Crippen LogP contribution in [0.1, 0.15) is 36.8 Å². The lowest BCUT2D eigenvalue weighted by molar-refractivity contribution is -0.137. The van der Waals surface area contributed by atoms with Gasteiger partial charge in [0, 0.05) is 19.0 Å². The van der Waals surface area contributed by atoms with Crippen molar-refractivity contribution in [3.63, 3.8) is 0 Å². The number of halogens is 4. The van der Waals surface area contributed by atoms with Gasteiger partial charge >= 0.3 is 6.18 Å². The Balaban J connectivity index is 0.00000242. The molecule has 22 heavy (non-hydrogen) atoms. The van der Waals surface area contributed by atoms with Crippen LogP contribution in [0.3, 0.4) is 0 Å². The highest BCUT2D eigenvalue weighted by Gasteiger charge is 2.30. The average molecular weight is 337 g/mol. The predicted molar refractivity (Wildman–Crippen MR) is 80.5 cm³/mol. The van der Waals surface area contributed by atoms with E-state index in [1.165, 1.54) is 12.1 Å². The van der Waals surface area contributed by atoms with Gasteiger partial charge in [-0.15, -0.1) is 12.4 Å². The summed E-state index contributed by atoms with van der Waals surface area (Å²) in [5.41, 5.74) is 5.87. The van der Waals surface area contributed by atoms with E-state index >= 15 is 0 Å². The maximum Gasteiger partial charge on any atom is 0.416 e. The molecule has 1 aliphatic carbocycles. The van der Waals surface area contributed by atoms with E-state index in [4.69, 9.17) is 5.73 Å². The molecule has 1 saturated carbocycles. The lowest BCUT2D eigenvalue weighted by Crippen LogP contribution is -2.31. The molecule has 124 valence electrons. The van der Waals surface area contributed by atoms with E-state index in [1.54, 1.807) is 0 Å². The number of alkyl halides is 3. The molecule has 0 heterocycles. The van der Waals surface area contributed by atoms with Crippen LogP contribution >= 0.6 is 12.4 Å². The Labute approximate surface area is 133 Å². The number of hydrogen-bond acceptors (Lipinski definition) is 2. The van der Waals surface area contributed by atoms with E-state index in [-0.39, 0.29) is 36.8 Å². The van der Waals surface area contributed by atoms with Crippen LogP contribution in [-0.4, -0.2) is 11.9 Å². The largest absolute Gasteiger partial charge is 0.416 e. The van der Waals surface area contributed by atoms with E-state index in [0.29, 0.717) is 12.0 Å². The molecule has 0 unspecified atom stereocenters. The highest BCUT2D eigenvalue weighted by atomic mass is 35.5. The molecule has 7 heteroatoms. The van der Waals surface area contributed by atoms with Crippen LogP contribution in [0.15, 0.2) is 24.3 Å². The summed E-state index contributed by atoms with van der Waals surface area (Å²) in [6.07, 6.45) is -0.966. The normalized spacial score (nSPS) is 21.3. The minimum Gasteiger partial charge on any atom is -0.352 e. The zero-order chi connectivity index (χ0) is 15.5. The lowest BCUT2D eigenvalue weighted by atomic mass is 10.00. The van der Waals surface area contributed by atoms with Crippen LogP contribution in [0.5, 0.6) is 0 Å². The third-order valence-corrected chi connectivity index (χ3v) is 3.94. The van der Waals surface area contributed by atoms with Crippen LogP contribution in [-0.2, 0) is 17.5 Å². The van der Waals surface area contributed by atoms with Crippen molar-refractivity contribution in [2.45, 2.75) is 44.4 Å². The van der Waals surface area contributed by atoms with E-state index in [0.717, 1.165) is 31.4 Å². The molecule has 1 amide bonds. The maximum atomic E-state index is 12.4. The van der Waals surface area contributed by atoms with E-state index in [2.05, 4.69) is 5.32 Å². The SMILES string of the molecule is Cl.N[C@@H]1CCC[C@H]1CC(=O)NCc1ccc(C(F)(F)F)cc1. The van der Waals surface area contributed by atoms with Crippen LogP contribution in [0.2, 0.25) is 0 Å². The zero-order valence-corrected chi connectivity index (χ0v) is 12.8. The number of benzene rings is 1. The topological polar surface area (TPSA) is 55.1 Å². The third kappa shape index (κ3) is 5.18. The first-order valence-corrected chi connectivity index (χ1v) is 7.04. The van der Waals surface area contributed by atoms with E-state index in [9.17, 15) is 18.0 Å². The van der Waals surface area contributed by atoms with E-state index < -0.39 is 11.7 Å². The first-order chi connectivity index (χ1) is 9.86. The summed E-state index contributed by atoms with van der Waals surface area (Å²) in [4.78, 5) is 11.8. The van der Waals surface area contributed by atoms with Crippen LogP contribution in [0.4, 0.5) is 13.2 Å². The summed E-state index contributed by atoms with van der Waals surface area (Å²) in [5, 5.41) is 2.73. The smallest absolute Gasteiger partial charge is 0.352 e. The van der Waals surface area contributed by atoms with Gasteiger partial charge in [0.05, 0.1) is 5.56 Å². The van der Waals surface area contributed by atoms with Gasteiger partial charge in [-0.1, -0.05) is 18.6 Å². The number of nitrogens with two attached hydrogens (primary N) is 1. The molecule has 2 rings (SSSR count). The number of amides is 1. The van der Waals surface area contributed by atoms with Gasteiger partial charge in [-0.3, -0.25) is 4.79 Å². The first kappa shape index (κ1) is 18.8. The second-order valence-corrected chi connectivity index (χ2v) is 5.53. The first-order valence-electron chi connectivity index (χ1n) is 7.04. The lowest BCUT2D eigenvalue weighted by Gasteiger charge is -2.15. The predicted octanol–water partition coefficient (Wildman–Crippen LogP) is 3.26. The summed E-state index contributed by atoms with van der Waals surface area (Å²) < 4.78 is 37.2. The van der Waals surface area contributed by atoms with Crippen LogP contribution in [0, 0.1) is 5.92 Å². The van der Waals surface area contributed by atoms with Gasteiger partial charge in [-0.05, 0) is 36.5 Å². The molecule has 0 aliphatic heterocycles. The van der Waals surface area contributed by atoms with Crippen LogP contribution < -0.4 is 11.1 Å². The zero-order valence-electron chi connectivity index (χ0n) is 12.0. The fourth-order valence-corrected chi connectivity index (χ4v) is 2.64. The average Bonchev–Trinajstić information content (AvgIpc) is 2.81. The Morgan fingerprint density at radius 3 is 2.36 bits per heavy atom.